The SMILES string of the molecule is OC1C[O][Al][O]C1. The molecule has 0 amide bonds. The maximum absolute atomic E-state index is 8.67. The van der Waals surface area contributed by atoms with Crippen molar-refractivity contribution in [3.05, 3.63) is 0 Å². The average molecular weight is 117 g/mol. The molecule has 1 radical (unpaired) electrons. The normalized spacial score (nSPS) is 24.1. The van der Waals surface area contributed by atoms with Crippen molar-refractivity contribution in [2.45, 2.75) is 6.10 Å². The molecule has 0 aromatic heterocycles. The third-order valence-corrected chi connectivity index (χ3v) is 1.37. The summed E-state index contributed by atoms with van der Waals surface area (Å²) >= 11 is -0.278. The molecule has 0 atom stereocenters. The third kappa shape index (κ3) is 1.76. The van der Waals surface area contributed by atoms with Crippen molar-refractivity contribution < 1.29 is 12.7 Å². The van der Waals surface area contributed by atoms with Gasteiger partial charge in [-0.3, -0.25) is 0 Å². The lowest BCUT2D eigenvalue weighted by Crippen LogP contribution is -2.30. The Hall–Kier alpha value is 0.412. The molecule has 0 aliphatic carbocycles. The van der Waals surface area contributed by atoms with Crippen LogP contribution in [0.4, 0.5) is 0 Å². The minimum absolute atomic E-state index is 0.278. The summed E-state index contributed by atoms with van der Waals surface area (Å²) in [6, 6.07) is 0. The Morgan fingerprint density at radius 3 is 2.29 bits per heavy atom. The second-order valence-corrected chi connectivity index (χ2v) is 2.28. The van der Waals surface area contributed by atoms with Crippen LogP contribution in [-0.2, 0) is 7.58 Å². The number of rotatable bonds is 0. The van der Waals surface area contributed by atoms with Crippen LogP contribution in [0.5, 0.6) is 0 Å². The highest BCUT2D eigenvalue weighted by molar-refractivity contribution is 6.18. The Morgan fingerprint density at radius 1 is 1.43 bits per heavy atom. The molecular formula is C3H6AlO3. The van der Waals surface area contributed by atoms with Gasteiger partial charge in [0.25, 0.3) is 0 Å². The number of aliphatic hydroxyl groups is 1. The van der Waals surface area contributed by atoms with E-state index in [-0.39, 0.29) is 22.0 Å². The monoisotopic (exact) mass is 117 g/mol. The summed E-state index contributed by atoms with van der Waals surface area (Å²) in [5.74, 6) is 0. The van der Waals surface area contributed by atoms with Crippen molar-refractivity contribution in [3.8, 4) is 0 Å². The van der Waals surface area contributed by atoms with Crippen LogP contribution in [0, 0.1) is 0 Å². The molecule has 1 rings (SSSR count). The molecule has 0 unspecified atom stereocenters. The van der Waals surface area contributed by atoms with Crippen LogP contribution < -0.4 is 0 Å². The third-order valence-electron chi connectivity index (χ3n) is 0.713. The highest BCUT2D eigenvalue weighted by atomic mass is 27.2. The number of hydrogen-bond acceptors (Lipinski definition) is 3. The van der Waals surface area contributed by atoms with Crippen LogP contribution >= 0.6 is 0 Å². The molecule has 1 aliphatic rings. The Balaban J connectivity index is 2.12. The van der Waals surface area contributed by atoms with E-state index in [0.29, 0.717) is 13.2 Å². The quantitative estimate of drug-likeness (QED) is 0.410. The second kappa shape index (κ2) is 2.65. The lowest BCUT2D eigenvalue weighted by Gasteiger charge is -2.16. The second-order valence-electron chi connectivity index (χ2n) is 1.42. The van der Waals surface area contributed by atoms with E-state index in [1.165, 1.54) is 0 Å². The predicted molar refractivity (Wildman–Crippen MR) is 23.7 cm³/mol. The van der Waals surface area contributed by atoms with Crippen LogP contribution in [0.3, 0.4) is 0 Å². The van der Waals surface area contributed by atoms with Gasteiger partial charge in [-0.2, -0.15) is 0 Å². The first-order chi connectivity index (χ1) is 3.39. The van der Waals surface area contributed by atoms with E-state index in [1.807, 2.05) is 0 Å². The fourth-order valence-corrected chi connectivity index (χ4v) is 1.09. The van der Waals surface area contributed by atoms with Gasteiger partial charge >= 0.3 is 15.9 Å². The summed E-state index contributed by atoms with van der Waals surface area (Å²) in [6.07, 6.45) is -0.388. The Bertz CT molecular complexity index is 52.1. The fourth-order valence-electron chi connectivity index (χ4n) is 0.397. The van der Waals surface area contributed by atoms with Crippen LogP contribution in [0.2, 0.25) is 0 Å². The molecule has 0 aromatic carbocycles. The maximum Gasteiger partial charge on any atom is 0.668 e. The first-order valence-corrected chi connectivity index (χ1v) is 3.07. The minimum Gasteiger partial charge on any atom is -0.482 e. The van der Waals surface area contributed by atoms with Crippen LogP contribution in [0.25, 0.3) is 0 Å². The summed E-state index contributed by atoms with van der Waals surface area (Å²) in [5.41, 5.74) is 0. The average Bonchev–Trinajstić information content (AvgIpc) is 1.69. The molecular weight excluding hydrogens is 111 g/mol. The van der Waals surface area contributed by atoms with E-state index in [2.05, 4.69) is 0 Å². The van der Waals surface area contributed by atoms with Crippen molar-refractivity contribution in [2.24, 2.45) is 0 Å². The van der Waals surface area contributed by atoms with E-state index >= 15 is 0 Å². The Kier molecular flexibility index (Phi) is 2.10. The van der Waals surface area contributed by atoms with Crippen molar-refractivity contribution in [1.29, 1.82) is 0 Å². The largest absolute Gasteiger partial charge is 0.668 e. The topological polar surface area (TPSA) is 38.7 Å². The Morgan fingerprint density at radius 2 is 2.00 bits per heavy atom. The highest BCUT2D eigenvalue weighted by Gasteiger charge is 2.11. The minimum atomic E-state index is -0.388. The molecule has 1 fully saturated rings. The highest BCUT2D eigenvalue weighted by Crippen LogP contribution is 1.91. The summed E-state index contributed by atoms with van der Waals surface area (Å²) in [7, 11) is 0. The number of aliphatic hydroxyl groups excluding tert-OH is 1. The molecule has 0 saturated carbocycles. The standard InChI is InChI=1S/C3H6O3.Al/c4-1-3(6)2-5;/h3,6H,1-2H2;/q-2;+2. The molecule has 1 heterocycles. The van der Waals surface area contributed by atoms with Gasteiger partial charge in [-0.15, -0.1) is 0 Å². The molecule has 3 nitrogen and oxygen atoms in total. The lowest BCUT2D eigenvalue weighted by atomic mass is 10.4. The summed E-state index contributed by atoms with van der Waals surface area (Å²) < 4.78 is 9.59. The molecule has 39 valence electrons. The van der Waals surface area contributed by atoms with Gasteiger partial charge in [0.1, 0.15) is 0 Å². The summed E-state index contributed by atoms with van der Waals surface area (Å²) in [4.78, 5) is 0. The van der Waals surface area contributed by atoms with E-state index in [4.69, 9.17) is 12.7 Å². The zero-order valence-electron chi connectivity index (χ0n) is 3.83. The molecule has 0 aromatic rings. The van der Waals surface area contributed by atoms with Gasteiger partial charge in [-0.25, -0.2) is 0 Å². The predicted octanol–water partition coefficient (Wildman–Crippen LogP) is -1.07. The van der Waals surface area contributed by atoms with Gasteiger partial charge in [0.2, 0.25) is 0 Å². The first kappa shape index (κ1) is 5.55. The van der Waals surface area contributed by atoms with Gasteiger partial charge in [0.05, 0.1) is 6.10 Å². The van der Waals surface area contributed by atoms with Gasteiger partial charge < -0.3 is 12.7 Å². The molecule has 1 N–H and O–H groups in total. The zero-order chi connectivity index (χ0) is 5.11. The lowest BCUT2D eigenvalue weighted by molar-refractivity contribution is 0.0158. The fraction of sp³-hybridized carbons (Fsp3) is 1.00. The molecule has 1 saturated heterocycles. The van der Waals surface area contributed by atoms with Gasteiger partial charge in [0.15, 0.2) is 0 Å². The molecule has 0 bridgehead atoms. The maximum atomic E-state index is 8.67. The van der Waals surface area contributed by atoms with Crippen molar-refractivity contribution >= 4 is 15.9 Å². The van der Waals surface area contributed by atoms with Crippen molar-refractivity contribution in [1.82, 2.24) is 0 Å². The first-order valence-electron chi connectivity index (χ1n) is 2.12. The van der Waals surface area contributed by atoms with Crippen molar-refractivity contribution in [2.75, 3.05) is 13.2 Å². The Labute approximate surface area is 48.6 Å². The zero-order valence-corrected chi connectivity index (χ0v) is 4.99. The van der Waals surface area contributed by atoms with Crippen LogP contribution in [0.15, 0.2) is 0 Å². The van der Waals surface area contributed by atoms with Crippen LogP contribution in [-0.4, -0.2) is 40.3 Å². The molecule has 0 spiro atoms. The van der Waals surface area contributed by atoms with Crippen molar-refractivity contribution in [3.63, 3.8) is 0 Å². The van der Waals surface area contributed by atoms with E-state index < -0.39 is 0 Å². The van der Waals surface area contributed by atoms with E-state index in [9.17, 15) is 0 Å². The van der Waals surface area contributed by atoms with E-state index in [0.717, 1.165) is 0 Å². The molecule has 1 aliphatic heterocycles. The molecule has 7 heavy (non-hydrogen) atoms. The number of hydrogen-bond donors (Lipinski definition) is 1. The van der Waals surface area contributed by atoms with Gasteiger partial charge in [0, 0.05) is 13.2 Å². The van der Waals surface area contributed by atoms with Gasteiger partial charge in [-0.05, 0) is 0 Å². The summed E-state index contributed by atoms with van der Waals surface area (Å²) in [6.45, 7) is 0.907. The molecule has 4 heteroatoms. The smallest absolute Gasteiger partial charge is 0.482 e. The summed E-state index contributed by atoms with van der Waals surface area (Å²) in [5, 5.41) is 8.67. The van der Waals surface area contributed by atoms with Gasteiger partial charge in [-0.1, -0.05) is 0 Å². The van der Waals surface area contributed by atoms with Crippen LogP contribution in [0.1, 0.15) is 0 Å². The van der Waals surface area contributed by atoms with E-state index in [1.54, 1.807) is 0 Å².